The Morgan fingerprint density at radius 2 is 1.95 bits per heavy atom. The van der Waals surface area contributed by atoms with Gasteiger partial charge in [0.15, 0.2) is 0 Å². The monoisotopic (exact) mass is 271 g/mol. The van der Waals surface area contributed by atoms with Crippen molar-refractivity contribution in [3.8, 4) is 0 Å². The van der Waals surface area contributed by atoms with Gasteiger partial charge >= 0.3 is 0 Å². The summed E-state index contributed by atoms with van der Waals surface area (Å²) in [6.45, 7) is -0.0112. The van der Waals surface area contributed by atoms with Crippen LogP contribution in [0.3, 0.4) is 0 Å². The van der Waals surface area contributed by atoms with Crippen molar-refractivity contribution >= 4 is 5.91 Å². The van der Waals surface area contributed by atoms with Gasteiger partial charge in [0, 0.05) is 12.5 Å². The van der Waals surface area contributed by atoms with Gasteiger partial charge in [-0.3, -0.25) is 4.79 Å². The van der Waals surface area contributed by atoms with Crippen LogP contribution in [0.1, 0.15) is 37.3 Å². The van der Waals surface area contributed by atoms with Gasteiger partial charge in [0.2, 0.25) is 5.91 Å². The number of nitrogens with zero attached hydrogens (tertiary/aromatic N) is 1. The molecule has 20 heavy (non-hydrogen) atoms. The van der Waals surface area contributed by atoms with E-state index in [-0.39, 0.29) is 24.6 Å². The molecule has 0 aromatic heterocycles. The maximum absolute atomic E-state index is 12.4. The smallest absolute Gasteiger partial charge is 0.223 e. The molecule has 0 unspecified atom stereocenters. The first kappa shape index (κ1) is 13.4. The third-order valence-corrected chi connectivity index (χ3v) is 4.59. The van der Waals surface area contributed by atoms with Crippen LogP contribution in [0, 0.1) is 5.92 Å². The largest absolute Gasteiger partial charge is 0.394 e. The van der Waals surface area contributed by atoms with E-state index in [9.17, 15) is 9.90 Å². The molecule has 1 aromatic rings. The maximum atomic E-state index is 12.4. The Morgan fingerprint density at radius 1 is 1.20 bits per heavy atom. The second kappa shape index (κ2) is 5.80. The number of rotatable bonds is 3. The summed E-state index contributed by atoms with van der Waals surface area (Å²) in [5.74, 6) is 0.736. The Morgan fingerprint density at radius 3 is 2.70 bits per heavy atom. The molecule has 3 heteroatoms. The van der Waals surface area contributed by atoms with Gasteiger partial charge in [0.1, 0.15) is 0 Å². The van der Waals surface area contributed by atoms with Crippen LogP contribution in [0.15, 0.2) is 42.5 Å². The van der Waals surface area contributed by atoms with Crippen molar-refractivity contribution in [3.05, 3.63) is 48.0 Å². The van der Waals surface area contributed by atoms with E-state index < -0.39 is 0 Å². The highest BCUT2D eigenvalue weighted by Crippen LogP contribution is 2.37. The van der Waals surface area contributed by atoms with Crippen LogP contribution in [-0.2, 0) is 4.79 Å². The van der Waals surface area contributed by atoms with Crippen molar-refractivity contribution in [3.63, 3.8) is 0 Å². The number of aliphatic hydroxyl groups excluding tert-OH is 1. The number of fused-ring (bicyclic) bond motifs is 1. The Balaban J connectivity index is 1.92. The fourth-order valence-electron chi connectivity index (χ4n) is 3.56. The van der Waals surface area contributed by atoms with Crippen molar-refractivity contribution in [1.82, 2.24) is 4.90 Å². The zero-order valence-corrected chi connectivity index (χ0v) is 11.6. The molecule has 0 radical (unpaired) electrons. The van der Waals surface area contributed by atoms with Crippen molar-refractivity contribution in [2.45, 2.75) is 37.8 Å². The Labute approximate surface area is 119 Å². The van der Waals surface area contributed by atoms with Gasteiger partial charge in [-0.15, -0.1) is 0 Å². The van der Waals surface area contributed by atoms with Crippen LogP contribution in [0.5, 0.6) is 0 Å². The minimum absolute atomic E-state index is 0.0112. The minimum Gasteiger partial charge on any atom is -0.394 e. The van der Waals surface area contributed by atoms with E-state index in [0.717, 1.165) is 24.8 Å². The summed E-state index contributed by atoms with van der Waals surface area (Å²) in [6, 6.07) is 9.92. The van der Waals surface area contributed by atoms with Gasteiger partial charge in [-0.25, -0.2) is 0 Å². The van der Waals surface area contributed by atoms with Gasteiger partial charge in [-0.1, -0.05) is 42.5 Å². The van der Waals surface area contributed by atoms with Gasteiger partial charge < -0.3 is 10.0 Å². The number of allylic oxidation sites excluding steroid dienone is 1. The van der Waals surface area contributed by atoms with Gasteiger partial charge in [-0.05, 0) is 30.7 Å². The van der Waals surface area contributed by atoms with E-state index in [1.54, 1.807) is 0 Å². The molecule has 1 heterocycles. The van der Waals surface area contributed by atoms with Gasteiger partial charge in [0.25, 0.3) is 0 Å². The molecule has 1 aliphatic heterocycles. The maximum Gasteiger partial charge on any atom is 0.223 e. The highest BCUT2D eigenvalue weighted by molar-refractivity contribution is 5.78. The number of carbonyl (C=O) groups excluding carboxylic acids is 1. The molecule has 3 atom stereocenters. The van der Waals surface area contributed by atoms with Crippen molar-refractivity contribution in [1.29, 1.82) is 0 Å². The fourth-order valence-corrected chi connectivity index (χ4v) is 3.56. The minimum atomic E-state index is -0.206. The number of benzene rings is 1. The summed E-state index contributed by atoms with van der Waals surface area (Å²) < 4.78 is 0. The molecular formula is C17H21NO2. The van der Waals surface area contributed by atoms with E-state index in [2.05, 4.69) is 12.2 Å². The van der Waals surface area contributed by atoms with Crippen LogP contribution in [0.2, 0.25) is 0 Å². The summed E-state index contributed by atoms with van der Waals surface area (Å²) in [4.78, 5) is 14.4. The first-order valence-corrected chi connectivity index (χ1v) is 7.43. The second-order valence-corrected chi connectivity index (χ2v) is 5.72. The zero-order valence-electron chi connectivity index (χ0n) is 11.6. The molecule has 1 aliphatic carbocycles. The number of likely N-dealkylation sites (tertiary alicyclic amines) is 1. The molecular weight excluding hydrogens is 250 g/mol. The van der Waals surface area contributed by atoms with E-state index >= 15 is 0 Å². The molecule has 1 aromatic carbocycles. The third-order valence-electron chi connectivity index (χ3n) is 4.59. The van der Waals surface area contributed by atoms with Gasteiger partial charge in [-0.2, -0.15) is 0 Å². The van der Waals surface area contributed by atoms with Crippen molar-refractivity contribution in [2.75, 3.05) is 6.61 Å². The standard InChI is InChI=1S/C17H21NO2/c19-12-16(13-6-2-1-3-7-13)18-15-9-5-4-8-14(15)10-11-17(18)20/h1-7,14-16,19H,8-12H2/t14-,15+,16+/m1/s1. The first-order chi connectivity index (χ1) is 9.81. The number of piperidine rings is 1. The zero-order chi connectivity index (χ0) is 13.9. The molecule has 0 spiro atoms. The highest BCUT2D eigenvalue weighted by Gasteiger charge is 2.39. The van der Waals surface area contributed by atoms with Crippen molar-refractivity contribution in [2.24, 2.45) is 5.92 Å². The lowest BCUT2D eigenvalue weighted by atomic mass is 9.80. The average molecular weight is 271 g/mol. The molecule has 1 amide bonds. The molecule has 1 N–H and O–H groups in total. The number of carbonyl (C=O) groups is 1. The van der Waals surface area contributed by atoms with Crippen LogP contribution in [-0.4, -0.2) is 28.6 Å². The fraction of sp³-hybridized carbons (Fsp3) is 0.471. The van der Waals surface area contributed by atoms with Crippen LogP contribution >= 0.6 is 0 Å². The summed E-state index contributed by atoms with van der Waals surface area (Å²) in [5, 5.41) is 9.83. The van der Waals surface area contributed by atoms with Crippen LogP contribution < -0.4 is 0 Å². The lowest BCUT2D eigenvalue weighted by molar-refractivity contribution is -0.144. The average Bonchev–Trinajstić information content (AvgIpc) is 2.51. The molecule has 3 rings (SSSR count). The molecule has 0 bridgehead atoms. The molecule has 106 valence electrons. The Hall–Kier alpha value is -1.61. The van der Waals surface area contributed by atoms with Gasteiger partial charge in [0.05, 0.1) is 12.6 Å². The summed E-state index contributed by atoms with van der Waals surface area (Å²) in [6.07, 6.45) is 7.97. The topological polar surface area (TPSA) is 40.5 Å². The third kappa shape index (κ3) is 2.38. The highest BCUT2D eigenvalue weighted by atomic mass is 16.3. The predicted octanol–water partition coefficient (Wildman–Crippen LogP) is 2.68. The second-order valence-electron chi connectivity index (χ2n) is 5.72. The molecule has 1 fully saturated rings. The predicted molar refractivity (Wildman–Crippen MR) is 78.0 cm³/mol. The van der Waals surface area contributed by atoms with E-state index in [0.29, 0.717) is 12.3 Å². The van der Waals surface area contributed by atoms with E-state index in [1.807, 2.05) is 35.2 Å². The summed E-state index contributed by atoms with van der Waals surface area (Å²) >= 11 is 0. The Kier molecular flexibility index (Phi) is 3.88. The molecule has 2 aliphatic rings. The van der Waals surface area contributed by atoms with Crippen molar-refractivity contribution < 1.29 is 9.90 Å². The van der Waals surface area contributed by atoms with Crippen LogP contribution in [0.4, 0.5) is 0 Å². The number of aliphatic hydroxyl groups is 1. The normalized spacial score (nSPS) is 27.2. The molecule has 3 nitrogen and oxygen atoms in total. The quantitative estimate of drug-likeness (QED) is 0.859. The summed E-state index contributed by atoms with van der Waals surface area (Å²) in [5.41, 5.74) is 1.03. The molecule has 0 saturated carbocycles. The number of amides is 1. The summed E-state index contributed by atoms with van der Waals surface area (Å²) in [7, 11) is 0. The lowest BCUT2D eigenvalue weighted by Gasteiger charge is -2.46. The van der Waals surface area contributed by atoms with E-state index in [1.165, 1.54) is 0 Å². The lowest BCUT2D eigenvalue weighted by Crippen LogP contribution is -2.51. The number of hydrogen-bond donors (Lipinski definition) is 1. The Bertz CT molecular complexity index is 497. The van der Waals surface area contributed by atoms with Crippen LogP contribution in [0.25, 0.3) is 0 Å². The molecule has 1 saturated heterocycles. The number of hydrogen-bond acceptors (Lipinski definition) is 2. The SMILES string of the molecule is O=C1CC[C@H]2CC=CC[C@@H]2N1[C@@H](CO)c1ccccc1. The van der Waals surface area contributed by atoms with E-state index in [4.69, 9.17) is 0 Å². The first-order valence-electron chi connectivity index (χ1n) is 7.43.